The maximum atomic E-state index is 11.8. The van der Waals surface area contributed by atoms with Gasteiger partial charge in [0.15, 0.2) is 0 Å². The van der Waals surface area contributed by atoms with Gasteiger partial charge in [0.05, 0.1) is 12.2 Å². The van der Waals surface area contributed by atoms with Crippen LogP contribution in [0.4, 0.5) is 0 Å². The van der Waals surface area contributed by atoms with Crippen molar-refractivity contribution < 1.29 is 10.2 Å². The maximum absolute atomic E-state index is 11.8. The van der Waals surface area contributed by atoms with Crippen molar-refractivity contribution >= 4 is 5.84 Å². The molecule has 11 atom stereocenters. The second-order valence-corrected chi connectivity index (χ2v) is 12.0. The van der Waals surface area contributed by atoms with Crippen molar-refractivity contribution in [1.29, 1.82) is 0 Å². The van der Waals surface area contributed by atoms with Gasteiger partial charge in [0.25, 0.3) is 0 Å². The van der Waals surface area contributed by atoms with Crippen molar-refractivity contribution in [2.45, 2.75) is 97.7 Å². The van der Waals surface area contributed by atoms with Crippen LogP contribution in [0, 0.1) is 52.3 Å². The first kappa shape index (κ1) is 23.3. The Morgan fingerprint density at radius 1 is 1.06 bits per heavy atom. The summed E-state index contributed by atoms with van der Waals surface area (Å²) in [6, 6.07) is 0. The van der Waals surface area contributed by atoms with E-state index in [0.29, 0.717) is 47.3 Å². The minimum atomic E-state index is -0.232. The average Bonchev–Trinajstić information content (AvgIpc) is 3.10. The highest BCUT2D eigenvalue weighted by molar-refractivity contribution is 5.81. The van der Waals surface area contributed by atoms with Gasteiger partial charge < -0.3 is 21.5 Å². The first-order valence-electron chi connectivity index (χ1n) is 12.8. The Labute approximate surface area is 188 Å². The van der Waals surface area contributed by atoms with Gasteiger partial charge in [-0.25, -0.2) is 5.84 Å². The molecule has 7 N–H and O–H groups in total. The Kier molecular flexibility index (Phi) is 6.39. The van der Waals surface area contributed by atoms with Crippen molar-refractivity contribution in [3.63, 3.8) is 0 Å². The zero-order valence-electron chi connectivity index (χ0n) is 20.1. The van der Waals surface area contributed by atoms with Crippen LogP contribution in [0.1, 0.15) is 85.5 Å². The van der Waals surface area contributed by atoms with E-state index in [1.807, 2.05) is 0 Å². The van der Waals surface area contributed by atoms with Crippen LogP contribution >= 0.6 is 0 Å². The average molecular weight is 435 g/mol. The molecule has 4 rings (SSSR count). The van der Waals surface area contributed by atoms with Gasteiger partial charge in [-0.1, -0.05) is 34.1 Å². The Bertz CT molecular complexity index is 686. The number of hydrazone groups is 1. The van der Waals surface area contributed by atoms with E-state index in [1.54, 1.807) is 0 Å². The van der Waals surface area contributed by atoms with Crippen LogP contribution in [-0.2, 0) is 0 Å². The lowest BCUT2D eigenvalue weighted by Crippen LogP contribution is -2.62. The molecule has 0 heterocycles. The van der Waals surface area contributed by atoms with Gasteiger partial charge in [-0.05, 0) is 97.2 Å². The molecular formula is C25H46N4O2. The molecule has 0 radical (unpaired) electrons. The molecule has 178 valence electrons. The number of hydrogen-bond acceptors (Lipinski definition) is 5. The molecule has 2 unspecified atom stereocenters. The second kappa shape index (κ2) is 8.49. The van der Waals surface area contributed by atoms with Crippen LogP contribution in [0.5, 0.6) is 0 Å². The predicted molar refractivity (Wildman–Crippen MR) is 125 cm³/mol. The summed E-state index contributed by atoms with van der Waals surface area (Å²) in [4.78, 5) is 0. The maximum Gasteiger partial charge on any atom is 0.136 e. The van der Waals surface area contributed by atoms with Crippen molar-refractivity contribution in [3.05, 3.63) is 0 Å². The van der Waals surface area contributed by atoms with Gasteiger partial charge in [0, 0.05) is 6.42 Å². The summed E-state index contributed by atoms with van der Waals surface area (Å²) in [5.41, 5.74) is 3.18. The molecule has 4 saturated carbocycles. The van der Waals surface area contributed by atoms with E-state index in [0.717, 1.165) is 32.1 Å². The Hall–Kier alpha value is -0.850. The molecule has 0 aromatic heterocycles. The van der Waals surface area contributed by atoms with E-state index >= 15 is 0 Å². The summed E-state index contributed by atoms with van der Waals surface area (Å²) < 4.78 is 0. The Morgan fingerprint density at radius 2 is 1.74 bits per heavy atom. The quantitative estimate of drug-likeness (QED) is 0.201. The molecule has 4 aliphatic carbocycles. The Morgan fingerprint density at radius 3 is 2.39 bits per heavy atom. The zero-order chi connectivity index (χ0) is 22.6. The van der Waals surface area contributed by atoms with Gasteiger partial charge >= 0.3 is 0 Å². The summed E-state index contributed by atoms with van der Waals surface area (Å²) in [7, 11) is 0. The molecule has 0 aliphatic heterocycles. The van der Waals surface area contributed by atoms with E-state index in [4.69, 9.17) is 11.7 Å². The smallest absolute Gasteiger partial charge is 0.136 e. The van der Waals surface area contributed by atoms with Crippen LogP contribution in [0.3, 0.4) is 0 Å². The fourth-order valence-electron chi connectivity index (χ4n) is 9.53. The van der Waals surface area contributed by atoms with Crippen LogP contribution < -0.4 is 17.1 Å². The molecule has 6 heteroatoms. The van der Waals surface area contributed by atoms with Crippen molar-refractivity contribution in [1.82, 2.24) is 5.43 Å². The molecular weight excluding hydrogens is 388 g/mol. The minimum absolute atomic E-state index is 0.184. The summed E-state index contributed by atoms with van der Waals surface area (Å²) in [5.74, 6) is 15.2. The number of aliphatic hydroxyl groups excluding tert-OH is 2. The summed E-state index contributed by atoms with van der Waals surface area (Å²) >= 11 is 0. The lowest BCUT2D eigenvalue weighted by Gasteiger charge is -2.64. The second-order valence-electron chi connectivity index (χ2n) is 12.0. The first-order valence-corrected chi connectivity index (χ1v) is 12.8. The fraction of sp³-hybridized carbons (Fsp3) is 0.960. The summed E-state index contributed by atoms with van der Waals surface area (Å²) in [6.45, 7) is 9.57. The topological polar surface area (TPSA) is 117 Å². The molecule has 0 aromatic rings. The number of nitrogens with two attached hydrogens (primary N) is 2. The third-order valence-corrected chi connectivity index (χ3v) is 11.0. The van der Waals surface area contributed by atoms with Crippen LogP contribution in [0.2, 0.25) is 0 Å². The number of rotatable bonds is 4. The number of hydrogen-bond donors (Lipinski definition) is 5. The molecule has 31 heavy (non-hydrogen) atoms. The molecule has 0 aromatic carbocycles. The number of amidine groups is 1. The molecule has 6 nitrogen and oxygen atoms in total. The van der Waals surface area contributed by atoms with E-state index in [1.165, 1.54) is 25.7 Å². The number of hydrazine groups is 1. The number of nitrogens with zero attached hydrogens (tertiary/aromatic N) is 1. The molecule has 0 saturated heterocycles. The highest BCUT2D eigenvalue weighted by Crippen LogP contribution is 2.69. The van der Waals surface area contributed by atoms with Crippen LogP contribution in [0.25, 0.3) is 0 Å². The summed E-state index contributed by atoms with van der Waals surface area (Å²) in [6.07, 6.45) is 9.20. The fourth-order valence-corrected chi connectivity index (χ4v) is 9.53. The molecule has 4 aliphatic rings. The van der Waals surface area contributed by atoms with E-state index in [9.17, 15) is 10.2 Å². The molecule has 0 bridgehead atoms. The van der Waals surface area contributed by atoms with E-state index < -0.39 is 0 Å². The third kappa shape index (κ3) is 3.52. The SMILES string of the molecule is CC[C@@H]1C2C[C@H](O)CC[C@]2(C)[C@H]2CC[C@]3(C)C([C@H](C)C/C(=N/N)NN)CC[C@H]3[C@@H]2[C@@H]1O. The predicted octanol–water partition coefficient (Wildman–Crippen LogP) is 3.37. The normalized spacial score (nSPS) is 50.9. The van der Waals surface area contributed by atoms with Crippen LogP contribution in [0.15, 0.2) is 5.10 Å². The Balaban J connectivity index is 1.62. The largest absolute Gasteiger partial charge is 0.393 e. The number of nitrogens with one attached hydrogen (secondary N) is 1. The number of aliphatic hydroxyl groups is 2. The van der Waals surface area contributed by atoms with Gasteiger partial charge in [-0.15, -0.1) is 0 Å². The lowest BCUT2D eigenvalue weighted by atomic mass is 9.41. The standard InChI is InChI=1S/C25H46N4O2/c1-5-16-20-13-15(30)8-10-25(20,4)19-9-11-24(3)17(14(2)12-21(28-26)29-27)6-7-18(24)22(19)23(16)31/h14-20,22-23,30-31H,5-13,26-27H2,1-4H3,(H,28,29)/t14-,15-,16-,17?,18+,19+,20?,22+,23-,24-,25-/m1/s1. The van der Waals surface area contributed by atoms with Gasteiger partial charge in [-0.2, -0.15) is 5.10 Å². The molecule has 0 amide bonds. The molecule has 4 fully saturated rings. The first-order chi connectivity index (χ1) is 14.7. The zero-order valence-corrected chi connectivity index (χ0v) is 20.1. The highest BCUT2D eigenvalue weighted by Gasteiger charge is 2.64. The van der Waals surface area contributed by atoms with Crippen molar-refractivity contribution in [2.75, 3.05) is 0 Å². The van der Waals surface area contributed by atoms with Crippen molar-refractivity contribution in [2.24, 2.45) is 69.0 Å². The van der Waals surface area contributed by atoms with Crippen LogP contribution in [-0.4, -0.2) is 28.3 Å². The highest BCUT2D eigenvalue weighted by atomic mass is 16.3. The monoisotopic (exact) mass is 434 g/mol. The number of fused-ring (bicyclic) bond motifs is 5. The van der Waals surface area contributed by atoms with Gasteiger partial charge in [-0.3, -0.25) is 0 Å². The third-order valence-electron chi connectivity index (χ3n) is 11.0. The van der Waals surface area contributed by atoms with E-state index in [-0.39, 0.29) is 23.0 Å². The van der Waals surface area contributed by atoms with Crippen molar-refractivity contribution in [3.8, 4) is 0 Å². The minimum Gasteiger partial charge on any atom is -0.393 e. The lowest BCUT2D eigenvalue weighted by molar-refractivity contribution is -0.203. The summed E-state index contributed by atoms with van der Waals surface area (Å²) in [5, 5.41) is 26.0. The van der Waals surface area contributed by atoms with Gasteiger partial charge in [0.2, 0.25) is 0 Å². The van der Waals surface area contributed by atoms with E-state index in [2.05, 4.69) is 38.2 Å². The van der Waals surface area contributed by atoms with Gasteiger partial charge in [0.1, 0.15) is 5.84 Å². The molecule has 0 spiro atoms.